The third kappa shape index (κ3) is 5.33. The van der Waals surface area contributed by atoms with Crippen molar-refractivity contribution >= 4 is 0 Å². The average Bonchev–Trinajstić information content (AvgIpc) is 2.10. The molecule has 0 rings (SSSR count). The van der Waals surface area contributed by atoms with Crippen LogP contribution in [-0.4, -0.2) is 20.5 Å². The molecular weight excluding hydrogens is 152 g/mol. The molecule has 0 aliphatic carbocycles. The van der Waals surface area contributed by atoms with E-state index in [1.54, 1.807) is 14.2 Å². The lowest BCUT2D eigenvalue weighted by atomic mass is 10.1. The maximum atomic E-state index is 5.05. The Morgan fingerprint density at radius 1 is 1.33 bits per heavy atom. The summed E-state index contributed by atoms with van der Waals surface area (Å²) in [5.74, 6) is 0. The summed E-state index contributed by atoms with van der Waals surface area (Å²) in [5, 5.41) is 0. The minimum Gasteiger partial charge on any atom is -0.352 e. The van der Waals surface area contributed by atoms with Gasteiger partial charge in [0.25, 0.3) is 0 Å². The molecule has 0 saturated heterocycles. The molecule has 0 atom stereocenters. The molecule has 0 aliphatic heterocycles. The second-order valence-corrected chi connectivity index (χ2v) is 2.96. The van der Waals surface area contributed by atoms with E-state index in [2.05, 4.69) is 13.8 Å². The van der Waals surface area contributed by atoms with Gasteiger partial charge in [-0.05, 0) is 25.8 Å². The van der Waals surface area contributed by atoms with Crippen LogP contribution < -0.4 is 0 Å². The highest BCUT2D eigenvalue weighted by Gasteiger charge is 1.99. The van der Waals surface area contributed by atoms with Crippen molar-refractivity contribution in [2.45, 2.75) is 39.4 Å². The maximum Gasteiger partial charge on any atom is 0.176 e. The van der Waals surface area contributed by atoms with Crippen LogP contribution >= 0.6 is 0 Å². The van der Waals surface area contributed by atoms with E-state index in [4.69, 9.17) is 9.47 Å². The van der Waals surface area contributed by atoms with Crippen molar-refractivity contribution in [1.82, 2.24) is 0 Å². The van der Waals surface area contributed by atoms with Gasteiger partial charge in [0.1, 0.15) is 0 Å². The van der Waals surface area contributed by atoms with Gasteiger partial charge in [0.2, 0.25) is 0 Å². The zero-order valence-corrected chi connectivity index (χ0v) is 8.59. The van der Waals surface area contributed by atoms with E-state index in [1.165, 1.54) is 18.4 Å². The standard InChI is InChI=1S/C10H20O2/c1-5-6-7-9(2)8-10(11-3)12-4/h8,10H,5-7H2,1-4H3. The molecule has 2 nitrogen and oxygen atoms in total. The third-order valence-corrected chi connectivity index (χ3v) is 1.81. The zero-order chi connectivity index (χ0) is 9.40. The average molecular weight is 172 g/mol. The van der Waals surface area contributed by atoms with Crippen LogP contribution in [-0.2, 0) is 9.47 Å². The molecule has 0 heterocycles. The molecule has 0 fully saturated rings. The molecule has 0 saturated carbocycles. The van der Waals surface area contributed by atoms with Crippen LogP contribution in [0.4, 0.5) is 0 Å². The van der Waals surface area contributed by atoms with Crippen molar-refractivity contribution in [3.63, 3.8) is 0 Å². The molecule has 0 radical (unpaired) electrons. The molecule has 0 aliphatic rings. The molecule has 0 amide bonds. The third-order valence-electron chi connectivity index (χ3n) is 1.81. The van der Waals surface area contributed by atoms with E-state index in [9.17, 15) is 0 Å². The molecule has 0 spiro atoms. The van der Waals surface area contributed by atoms with E-state index < -0.39 is 0 Å². The largest absolute Gasteiger partial charge is 0.352 e. The predicted molar refractivity (Wildman–Crippen MR) is 51.1 cm³/mol. The van der Waals surface area contributed by atoms with E-state index in [1.807, 2.05) is 6.08 Å². The minimum absolute atomic E-state index is 0.179. The van der Waals surface area contributed by atoms with Crippen molar-refractivity contribution in [2.24, 2.45) is 0 Å². The number of methoxy groups -OCH3 is 2. The first-order valence-electron chi connectivity index (χ1n) is 4.47. The Bertz CT molecular complexity index is 126. The number of hydrogen-bond donors (Lipinski definition) is 0. The second-order valence-electron chi connectivity index (χ2n) is 2.96. The summed E-state index contributed by atoms with van der Waals surface area (Å²) in [5.41, 5.74) is 1.34. The van der Waals surface area contributed by atoms with Crippen molar-refractivity contribution in [3.05, 3.63) is 11.6 Å². The fourth-order valence-electron chi connectivity index (χ4n) is 1.00. The molecule has 0 N–H and O–H groups in total. The summed E-state index contributed by atoms with van der Waals surface area (Å²) in [4.78, 5) is 0. The number of ether oxygens (including phenoxy) is 2. The smallest absolute Gasteiger partial charge is 0.176 e. The second kappa shape index (κ2) is 7.32. The van der Waals surface area contributed by atoms with Crippen LogP contribution in [0.5, 0.6) is 0 Å². The Balaban J connectivity index is 3.77. The molecule has 0 aromatic heterocycles. The number of unbranched alkanes of at least 4 members (excludes halogenated alkanes) is 1. The van der Waals surface area contributed by atoms with Gasteiger partial charge in [-0.2, -0.15) is 0 Å². The van der Waals surface area contributed by atoms with Crippen molar-refractivity contribution in [3.8, 4) is 0 Å². The quantitative estimate of drug-likeness (QED) is 0.453. The number of rotatable bonds is 6. The highest BCUT2D eigenvalue weighted by Crippen LogP contribution is 2.08. The van der Waals surface area contributed by atoms with Gasteiger partial charge in [-0.15, -0.1) is 0 Å². The fourth-order valence-corrected chi connectivity index (χ4v) is 1.00. The first-order chi connectivity index (χ1) is 5.74. The van der Waals surface area contributed by atoms with Gasteiger partial charge in [-0.1, -0.05) is 18.9 Å². The Hall–Kier alpha value is -0.340. The Kier molecular flexibility index (Phi) is 7.11. The van der Waals surface area contributed by atoms with E-state index in [0.717, 1.165) is 6.42 Å². The molecule has 2 heteroatoms. The molecule has 0 aromatic carbocycles. The van der Waals surface area contributed by atoms with Crippen LogP contribution in [0.2, 0.25) is 0 Å². The van der Waals surface area contributed by atoms with E-state index >= 15 is 0 Å². The van der Waals surface area contributed by atoms with Crippen molar-refractivity contribution in [2.75, 3.05) is 14.2 Å². The summed E-state index contributed by atoms with van der Waals surface area (Å²) in [6, 6.07) is 0. The summed E-state index contributed by atoms with van der Waals surface area (Å²) in [7, 11) is 3.30. The molecular formula is C10H20O2. The monoisotopic (exact) mass is 172 g/mol. The minimum atomic E-state index is -0.179. The van der Waals surface area contributed by atoms with Gasteiger partial charge in [-0.3, -0.25) is 0 Å². The molecule has 12 heavy (non-hydrogen) atoms. The first-order valence-corrected chi connectivity index (χ1v) is 4.47. The fraction of sp³-hybridized carbons (Fsp3) is 0.800. The lowest BCUT2D eigenvalue weighted by molar-refractivity contribution is -0.0671. The zero-order valence-electron chi connectivity index (χ0n) is 8.59. The van der Waals surface area contributed by atoms with Crippen molar-refractivity contribution in [1.29, 1.82) is 0 Å². The molecule has 0 aromatic rings. The lowest BCUT2D eigenvalue weighted by Gasteiger charge is -2.09. The molecule has 0 bridgehead atoms. The van der Waals surface area contributed by atoms with Crippen LogP contribution in [0.25, 0.3) is 0 Å². The highest BCUT2D eigenvalue weighted by atomic mass is 16.7. The van der Waals surface area contributed by atoms with Gasteiger partial charge < -0.3 is 9.47 Å². The number of allylic oxidation sites excluding steroid dienone is 1. The Morgan fingerprint density at radius 2 is 1.92 bits per heavy atom. The highest BCUT2D eigenvalue weighted by molar-refractivity contribution is 4.99. The van der Waals surface area contributed by atoms with Crippen LogP contribution in [0.1, 0.15) is 33.1 Å². The van der Waals surface area contributed by atoms with Crippen molar-refractivity contribution < 1.29 is 9.47 Å². The topological polar surface area (TPSA) is 18.5 Å². The summed E-state index contributed by atoms with van der Waals surface area (Å²) in [6.45, 7) is 4.30. The van der Waals surface area contributed by atoms with E-state index in [-0.39, 0.29) is 6.29 Å². The van der Waals surface area contributed by atoms with Crippen LogP contribution in [0.15, 0.2) is 11.6 Å². The summed E-state index contributed by atoms with van der Waals surface area (Å²) < 4.78 is 10.1. The van der Waals surface area contributed by atoms with Gasteiger partial charge in [0, 0.05) is 14.2 Å². The first kappa shape index (κ1) is 11.7. The summed E-state index contributed by atoms with van der Waals surface area (Å²) >= 11 is 0. The van der Waals surface area contributed by atoms with Gasteiger partial charge in [0.15, 0.2) is 6.29 Å². The van der Waals surface area contributed by atoms with E-state index in [0.29, 0.717) is 0 Å². The normalized spacial score (nSPS) is 12.6. The Morgan fingerprint density at radius 3 is 2.33 bits per heavy atom. The Labute approximate surface area is 75.6 Å². The molecule has 0 unspecified atom stereocenters. The molecule has 72 valence electrons. The van der Waals surface area contributed by atoms with Gasteiger partial charge >= 0.3 is 0 Å². The maximum absolute atomic E-state index is 5.05. The lowest BCUT2D eigenvalue weighted by Crippen LogP contribution is -2.09. The van der Waals surface area contributed by atoms with Gasteiger partial charge in [0.05, 0.1) is 0 Å². The summed E-state index contributed by atoms with van der Waals surface area (Å²) in [6.07, 6.45) is 5.45. The van der Waals surface area contributed by atoms with Crippen LogP contribution in [0, 0.1) is 0 Å². The SMILES string of the molecule is CCCCC(C)=CC(OC)OC. The van der Waals surface area contributed by atoms with Gasteiger partial charge in [-0.25, -0.2) is 0 Å². The van der Waals surface area contributed by atoms with Crippen LogP contribution in [0.3, 0.4) is 0 Å². The number of hydrogen-bond acceptors (Lipinski definition) is 2. The predicted octanol–water partition coefficient (Wildman–Crippen LogP) is 2.74.